The topological polar surface area (TPSA) is 65.0 Å². The van der Waals surface area contributed by atoms with Gasteiger partial charge < -0.3 is 19.0 Å². The molecule has 2 aliphatic rings. The van der Waals surface area contributed by atoms with E-state index in [2.05, 4.69) is 32.6 Å². The van der Waals surface area contributed by atoms with E-state index in [-0.39, 0.29) is 35.4 Å². The zero-order valence-corrected chi connectivity index (χ0v) is 23.5. The second-order valence-electron chi connectivity index (χ2n) is 11.1. The van der Waals surface area contributed by atoms with Crippen LogP contribution in [0.5, 0.6) is 0 Å². The van der Waals surface area contributed by atoms with Gasteiger partial charge in [-0.15, -0.1) is 11.6 Å². The molecule has 0 radical (unpaired) electrons. The van der Waals surface area contributed by atoms with Crippen LogP contribution in [0.15, 0.2) is 24.8 Å². The molecule has 5 atom stereocenters. The SMILES string of the molecule is C=CCOC(=O)CCC/C=C\C[C@@H]1[C@@H](CCC(C)(C)[Si](C)(C)O)[C@H](OC2CCCCO2)C[C@H]1Cl. The summed E-state index contributed by atoms with van der Waals surface area (Å²) in [5.74, 6) is 0.512. The van der Waals surface area contributed by atoms with Crippen molar-refractivity contribution in [2.24, 2.45) is 11.8 Å². The maximum atomic E-state index is 11.6. The monoisotopic (exact) mass is 514 g/mol. The Morgan fingerprint density at radius 3 is 2.68 bits per heavy atom. The molecule has 0 aromatic carbocycles. The number of rotatable bonds is 14. The molecule has 1 N–H and O–H groups in total. The number of allylic oxidation sites excluding steroid dienone is 2. The summed E-state index contributed by atoms with van der Waals surface area (Å²) in [4.78, 5) is 22.4. The van der Waals surface area contributed by atoms with Gasteiger partial charge in [-0.3, -0.25) is 4.79 Å². The van der Waals surface area contributed by atoms with Crippen molar-refractivity contribution in [3.63, 3.8) is 0 Å². The summed E-state index contributed by atoms with van der Waals surface area (Å²) in [5, 5.41) is 0.00350. The summed E-state index contributed by atoms with van der Waals surface area (Å²) in [7, 11) is -2.27. The smallest absolute Gasteiger partial charge is 0.306 e. The van der Waals surface area contributed by atoms with E-state index >= 15 is 0 Å². The Labute approximate surface area is 213 Å². The van der Waals surface area contributed by atoms with Gasteiger partial charge in [0.1, 0.15) is 6.61 Å². The molecule has 0 aromatic heterocycles. The second-order valence-corrected chi connectivity index (χ2v) is 16.1. The van der Waals surface area contributed by atoms with Crippen molar-refractivity contribution in [1.29, 1.82) is 0 Å². The number of carbonyl (C=O) groups excluding carboxylic acids is 1. The number of hydrogen-bond acceptors (Lipinski definition) is 5. The lowest BCUT2D eigenvalue weighted by Gasteiger charge is -2.37. The summed E-state index contributed by atoms with van der Waals surface area (Å²) >= 11 is 6.89. The summed E-state index contributed by atoms with van der Waals surface area (Å²) < 4.78 is 17.4. The Morgan fingerprint density at radius 2 is 2.03 bits per heavy atom. The van der Waals surface area contributed by atoms with Gasteiger partial charge in [0.05, 0.1) is 6.10 Å². The molecule has 1 saturated heterocycles. The Kier molecular flexibility index (Phi) is 12.3. The van der Waals surface area contributed by atoms with E-state index in [4.69, 9.17) is 25.8 Å². The molecule has 0 bridgehead atoms. The lowest BCUT2D eigenvalue weighted by molar-refractivity contribution is -0.196. The van der Waals surface area contributed by atoms with Gasteiger partial charge in [0.2, 0.25) is 0 Å². The highest BCUT2D eigenvalue weighted by Gasteiger charge is 2.45. The normalized spacial score (nSPS) is 28.4. The largest absolute Gasteiger partial charge is 0.461 e. The minimum absolute atomic E-state index is 0.0656. The van der Waals surface area contributed by atoms with E-state index in [1.54, 1.807) is 6.08 Å². The molecule has 0 aromatic rings. The number of carbonyl (C=O) groups is 1. The van der Waals surface area contributed by atoms with E-state index < -0.39 is 8.32 Å². The third kappa shape index (κ3) is 9.42. The molecule has 5 nitrogen and oxygen atoms in total. The lowest BCUT2D eigenvalue weighted by Crippen LogP contribution is -2.40. The minimum Gasteiger partial charge on any atom is -0.461 e. The molecular formula is C27H47ClO5Si. The van der Waals surface area contributed by atoms with E-state index in [1.165, 1.54) is 0 Å². The summed E-state index contributed by atoms with van der Waals surface area (Å²) in [6.07, 6.45) is 14.9. The third-order valence-electron chi connectivity index (χ3n) is 7.86. The van der Waals surface area contributed by atoms with Crippen molar-refractivity contribution in [1.82, 2.24) is 0 Å². The maximum Gasteiger partial charge on any atom is 0.306 e. The number of unbranched alkanes of at least 4 members (excludes halogenated alkanes) is 1. The average molecular weight is 515 g/mol. The third-order valence-corrected chi connectivity index (χ3v) is 11.9. The molecule has 0 amide bonds. The molecule has 1 aliphatic heterocycles. The van der Waals surface area contributed by atoms with Gasteiger partial charge in [-0.05, 0) is 87.8 Å². The van der Waals surface area contributed by atoms with Gasteiger partial charge in [-0.1, -0.05) is 38.7 Å². The predicted octanol–water partition coefficient (Wildman–Crippen LogP) is 6.75. The fraction of sp³-hybridized carbons (Fsp3) is 0.815. The Hall–Kier alpha value is -0.663. The first kappa shape index (κ1) is 29.6. The summed E-state index contributed by atoms with van der Waals surface area (Å²) in [6.45, 7) is 13.1. The quantitative estimate of drug-likeness (QED) is 0.0913. The van der Waals surface area contributed by atoms with E-state index in [0.29, 0.717) is 18.3 Å². The van der Waals surface area contributed by atoms with Crippen LogP contribution in [0.4, 0.5) is 0 Å². The van der Waals surface area contributed by atoms with E-state index in [0.717, 1.165) is 64.4 Å². The highest BCUT2D eigenvalue weighted by molar-refractivity contribution is 6.72. The van der Waals surface area contributed by atoms with Gasteiger partial charge in [-0.25, -0.2) is 0 Å². The Morgan fingerprint density at radius 1 is 1.26 bits per heavy atom. The lowest BCUT2D eigenvalue weighted by atomic mass is 9.85. The standard InChI is InChI=1S/C27H47ClO5Si/c1-6-18-31-25(29)14-10-8-7-9-13-21-22(16-17-27(2,3)34(4,5)30)24(20-23(21)28)33-26-15-11-12-19-32-26/h6-7,9,21-24,26,30H,1,8,10-20H2,2-5H3/b9-7-/t21-,22-,23-,24-,26?/m1/s1. The first-order valence-electron chi connectivity index (χ1n) is 13.1. The van der Waals surface area contributed by atoms with Crippen LogP contribution in [0.25, 0.3) is 0 Å². The fourth-order valence-corrected chi connectivity index (χ4v) is 6.02. The first-order valence-corrected chi connectivity index (χ1v) is 16.5. The van der Waals surface area contributed by atoms with Crippen molar-refractivity contribution in [2.75, 3.05) is 13.2 Å². The van der Waals surface area contributed by atoms with Crippen LogP contribution < -0.4 is 0 Å². The van der Waals surface area contributed by atoms with E-state index in [9.17, 15) is 9.59 Å². The van der Waals surface area contributed by atoms with Gasteiger partial charge >= 0.3 is 5.97 Å². The van der Waals surface area contributed by atoms with Crippen molar-refractivity contribution >= 4 is 25.9 Å². The van der Waals surface area contributed by atoms with Crippen molar-refractivity contribution < 1.29 is 23.8 Å². The molecular weight excluding hydrogens is 468 g/mol. The number of esters is 1. The van der Waals surface area contributed by atoms with Crippen LogP contribution in [0.3, 0.4) is 0 Å². The van der Waals surface area contributed by atoms with Crippen LogP contribution in [0, 0.1) is 11.8 Å². The van der Waals surface area contributed by atoms with Crippen LogP contribution in [-0.2, 0) is 19.0 Å². The molecule has 7 heteroatoms. The van der Waals surface area contributed by atoms with Gasteiger partial charge in [0, 0.05) is 18.4 Å². The molecule has 196 valence electrons. The van der Waals surface area contributed by atoms with Crippen LogP contribution >= 0.6 is 11.6 Å². The molecule has 34 heavy (non-hydrogen) atoms. The van der Waals surface area contributed by atoms with Gasteiger partial charge in [-0.2, -0.15) is 0 Å². The predicted molar refractivity (Wildman–Crippen MR) is 141 cm³/mol. The van der Waals surface area contributed by atoms with E-state index in [1.807, 2.05) is 13.1 Å². The maximum absolute atomic E-state index is 11.6. The average Bonchev–Trinajstić information content (AvgIpc) is 3.07. The molecule has 1 saturated carbocycles. The number of alkyl halides is 1. The van der Waals surface area contributed by atoms with Crippen molar-refractivity contribution in [3.8, 4) is 0 Å². The molecule has 2 rings (SSSR count). The number of hydrogen-bond donors (Lipinski definition) is 1. The van der Waals surface area contributed by atoms with Crippen LogP contribution in [0.1, 0.15) is 78.1 Å². The molecule has 2 fully saturated rings. The molecule has 0 spiro atoms. The zero-order chi connectivity index (χ0) is 25.2. The zero-order valence-electron chi connectivity index (χ0n) is 21.8. The number of halogens is 1. The van der Waals surface area contributed by atoms with Crippen molar-refractivity contribution in [2.45, 2.75) is 114 Å². The second kappa shape index (κ2) is 14.2. The van der Waals surface area contributed by atoms with Gasteiger partial charge in [0.15, 0.2) is 14.6 Å². The van der Waals surface area contributed by atoms with Gasteiger partial charge in [0.25, 0.3) is 0 Å². The molecule has 1 unspecified atom stereocenters. The van der Waals surface area contributed by atoms with Crippen LogP contribution in [-0.4, -0.2) is 50.1 Å². The minimum atomic E-state index is -2.27. The summed E-state index contributed by atoms with van der Waals surface area (Å²) in [6, 6.07) is 0. The highest BCUT2D eigenvalue weighted by atomic mass is 35.5. The van der Waals surface area contributed by atoms with Crippen LogP contribution in [0.2, 0.25) is 18.1 Å². The fourth-order valence-electron chi connectivity index (χ4n) is 4.80. The molecule has 1 heterocycles. The van der Waals surface area contributed by atoms with Crippen molar-refractivity contribution in [3.05, 3.63) is 24.8 Å². The first-order chi connectivity index (χ1) is 16.0. The Balaban J connectivity index is 1.95. The Bertz CT molecular complexity index is 654. The number of ether oxygens (including phenoxy) is 3. The summed E-state index contributed by atoms with van der Waals surface area (Å²) in [5.41, 5.74) is 0. The molecule has 1 aliphatic carbocycles. The highest BCUT2D eigenvalue weighted by Crippen LogP contribution is 2.48.